The van der Waals surface area contributed by atoms with Crippen LogP contribution >= 0.6 is 0 Å². The van der Waals surface area contributed by atoms with Crippen molar-refractivity contribution >= 4 is 34.4 Å². The van der Waals surface area contributed by atoms with Crippen LogP contribution in [0.5, 0.6) is 0 Å². The van der Waals surface area contributed by atoms with Gasteiger partial charge < -0.3 is 20.3 Å². The highest BCUT2D eigenvalue weighted by atomic mass is 19.2. The van der Waals surface area contributed by atoms with E-state index in [1.807, 2.05) is 5.32 Å². The molecule has 0 aliphatic heterocycles. The zero-order valence-corrected chi connectivity index (χ0v) is 13.9. The van der Waals surface area contributed by atoms with Crippen LogP contribution in [0.15, 0.2) is 17.1 Å². The highest BCUT2D eigenvalue weighted by Crippen LogP contribution is 2.27. The van der Waals surface area contributed by atoms with Crippen molar-refractivity contribution in [3.63, 3.8) is 0 Å². The van der Waals surface area contributed by atoms with Gasteiger partial charge in [0.05, 0.1) is 16.6 Å². The normalized spacial score (nSPS) is 10.6. The number of aromatic nitrogens is 1. The number of fused-ring (bicyclic) bond motifs is 1. The van der Waals surface area contributed by atoms with Crippen LogP contribution in [-0.2, 0) is 16.1 Å². The molecule has 0 fully saturated rings. The predicted molar refractivity (Wildman–Crippen MR) is 88.1 cm³/mol. The molecule has 3 N–H and O–H groups in total. The van der Waals surface area contributed by atoms with Crippen molar-refractivity contribution in [3.05, 3.63) is 39.7 Å². The Balaban J connectivity index is 2.82. The minimum absolute atomic E-state index is 0.0186. The number of halogens is 2. The highest BCUT2D eigenvalue weighted by Gasteiger charge is 2.23. The summed E-state index contributed by atoms with van der Waals surface area (Å²) in [6, 6.07) is 0.791. The lowest BCUT2D eigenvalue weighted by Gasteiger charge is -2.15. The van der Waals surface area contributed by atoms with Gasteiger partial charge in [-0.05, 0) is 6.92 Å². The first-order valence-electron chi connectivity index (χ1n) is 7.50. The second-order valence-corrected chi connectivity index (χ2v) is 5.36. The molecule has 2 rings (SSSR count). The van der Waals surface area contributed by atoms with Gasteiger partial charge in [-0.25, -0.2) is 8.78 Å². The van der Waals surface area contributed by atoms with E-state index in [1.54, 1.807) is 6.92 Å². The first-order valence-corrected chi connectivity index (χ1v) is 7.50. The number of carboxylic acid groups (broad SMARTS) is 1. The molecule has 1 aromatic heterocycles. The Hall–Kier alpha value is -3.30. The van der Waals surface area contributed by atoms with Crippen LogP contribution in [0.2, 0.25) is 0 Å². The number of benzene rings is 1. The third kappa shape index (κ3) is 3.53. The monoisotopic (exact) mass is 367 g/mol. The number of pyridine rings is 1. The van der Waals surface area contributed by atoms with Crippen LogP contribution in [0.4, 0.5) is 14.5 Å². The molecule has 8 nitrogen and oxygen atoms in total. The van der Waals surface area contributed by atoms with E-state index in [4.69, 9.17) is 5.11 Å². The lowest BCUT2D eigenvalue weighted by molar-refractivity contribution is -0.135. The van der Waals surface area contributed by atoms with Gasteiger partial charge in [0.1, 0.15) is 12.1 Å². The number of nitrogens with one attached hydrogen (secondary N) is 2. The molecule has 0 atom stereocenters. The van der Waals surface area contributed by atoms with Crippen LogP contribution < -0.4 is 16.1 Å². The zero-order chi connectivity index (χ0) is 19.6. The molecule has 2 amide bonds. The predicted octanol–water partition coefficient (Wildman–Crippen LogP) is 1.07. The van der Waals surface area contributed by atoms with Gasteiger partial charge in [-0.2, -0.15) is 0 Å². The number of hydrogen-bond acceptors (Lipinski definition) is 4. The van der Waals surface area contributed by atoms with Crippen molar-refractivity contribution in [1.82, 2.24) is 9.88 Å². The molecular weight excluding hydrogens is 352 g/mol. The van der Waals surface area contributed by atoms with E-state index in [1.165, 1.54) is 4.57 Å². The van der Waals surface area contributed by atoms with Crippen LogP contribution in [0.1, 0.15) is 24.2 Å². The lowest BCUT2D eigenvalue weighted by Crippen LogP contribution is -2.33. The number of rotatable bonds is 5. The van der Waals surface area contributed by atoms with Crippen molar-refractivity contribution < 1.29 is 28.3 Å². The lowest BCUT2D eigenvalue weighted by atomic mass is 10.1. The second kappa shape index (κ2) is 7.30. The first kappa shape index (κ1) is 19.0. The molecule has 1 aromatic carbocycles. The molecule has 2 aromatic rings. The van der Waals surface area contributed by atoms with Gasteiger partial charge in [0.2, 0.25) is 11.3 Å². The third-order valence-electron chi connectivity index (χ3n) is 3.55. The average molecular weight is 367 g/mol. The Morgan fingerprint density at radius 3 is 2.46 bits per heavy atom. The van der Waals surface area contributed by atoms with E-state index in [0.29, 0.717) is 0 Å². The maximum absolute atomic E-state index is 14.2. The molecule has 26 heavy (non-hydrogen) atoms. The maximum Gasteiger partial charge on any atom is 0.322 e. The van der Waals surface area contributed by atoms with Crippen LogP contribution in [0, 0.1) is 11.6 Å². The number of aryl methyl sites for hydroxylation is 1. The summed E-state index contributed by atoms with van der Waals surface area (Å²) in [5.41, 5.74) is -2.11. The smallest absolute Gasteiger partial charge is 0.322 e. The molecule has 0 bridgehead atoms. The molecule has 0 unspecified atom stereocenters. The average Bonchev–Trinajstić information content (AvgIpc) is 2.56. The summed E-state index contributed by atoms with van der Waals surface area (Å²) in [4.78, 5) is 46.7. The number of aliphatic carboxylic acids is 1. The van der Waals surface area contributed by atoms with Crippen LogP contribution in [0.25, 0.3) is 10.9 Å². The summed E-state index contributed by atoms with van der Waals surface area (Å²) in [5.74, 6) is -5.75. The number of carbonyl (C=O) groups excluding carboxylic acids is 2. The fourth-order valence-electron chi connectivity index (χ4n) is 2.46. The standard InChI is InChI=1S/C16H15F2N3O5/c1-3-21-6-8(16(26)19-5-11(23)24)15(25)12-10(21)4-9(17)13(18)14(12)20-7(2)22/h4,6H,3,5H2,1-2H3,(H,19,26)(H,20,22)(H,23,24). The molecule has 1 heterocycles. The molecule has 0 aliphatic carbocycles. The minimum Gasteiger partial charge on any atom is -0.480 e. The molecular formula is C16H15F2N3O5. The van der Waals surface area contributed by atoms with Gasteiger partial charge in [0.25, 0.3) is 5.91 Å². The van der Waals surface area contributed by atoms with E-state index < -0.39 is 52.6 Å². The topological polar surface area (TPSA) is 118 Å². The van der Waals surface area contributed by atoms with Gasteiger partial charge in [-0.1, -0.05) is 0 Å². The minimum atomic E-state index is -1.43. The first-order chi connectivity index (χ1) is 12.2. The summed E-state index contributed by atoms with van der Waals surface area (Å²) in [6.07, 6.45) is 1.12. The fourth-order valence-corrected chi connectivity index (χ4v) is 2.46. The van der Waals surface area contributed by atoms with Gasteiger partial charge in [-0.3, -0.25) is 19.2 Å². The molecule has 0 radical (unpaired) electrons. The fraction of sp³-hybridized carbons (Fsp3) is 0.250. The van der Waals surface area contributed by atoms with E-state index in [-0.39, 0.29) is 17.4 Å². The van der Waals surface area contributed by atoms with Crippen LogP contribution in [0.3, 0.4) is 0 Å². The Labute approximate surface area is 145 Å². The Kier molecular flexibility index (Phi) is 5.34. The quantitative estimate of drug-likeness (QED) is 0.731. The number of carbonyl (C=O) groups is 3. The SMILES string of the molecule is CCn1cc(C(=O)NCC(=O)O)c(=O)c2c(NC(C)=O)c(F)c(F)cc21. The molecule has 138 valence electrons. The molecule has 10 heteroatoms. The Morgan fingerprint density at radius 2 is 1.92 bits per heavy atom. The van der Waals surface area contributed by atoms with Gasteiger partial charge in [0, 0.05) is 25.7 Å². The maximum atomic E-state index is 14.2. The van der Waals surface area contributed by atoms with Crippen molar-refractivity contribution in [2.75, 3.05) is 11.9 Å². The third-order valence-corrected chi connectivity index (χ3v) is 3.55. The Bertz CT molecular complexity index is 984. The number of anilines is 1. The Morgan fingerprint density at radius 1 is 1.27 bits per heavy atom. The van der Waals surface area contributed by atoms with Gasteiger partial charge >= 0.3 is 5.97 Å². The number of nitrogens with zero attached hydrogens (tertiary/aromatic N) is 1. The van der Waals surface area contributed by atoms with Crippen molar-refractivity contribution in [2.45, 2.75) is 20.4 Å². The van der Waals surface area contributed by atoms with Gasteiger partial charge in [0.15, 0.2) is 11.6 Å². The van der Waals surface area contributed by atoms with Gasteiger partial charge in [-0.15, -0.1) is 0 Å². The molecule has 0 aliphatic rings. The summed E-state index contributed by atoms with van der Waals surface area (Å²) in [6.45, 7) is 2.17. The van der Waals surface area contributed by atoms with Crippen molar-refractivity contribution in [1.29, 1.82) is 0 Å². The number of carboxylic acids is 1. The van der Waals surface area contributed by atoms with E-state index in [2.05, 4.69) is 5.32 Å². The summed E-state index contributed by atoms with van der Waals surface area (Å²) in [7, 11) is 0. The molecule has 0 saturated carbocycles. The summed E-state index contributed by atoms with van der Waals surface area (Å²) < 4.78 is 29.4. The van der Waals surface area contributed by atoms with E-state index in [9.17, 15) is 28.0 Å². The number of amides is 2. The van der Waals surface area contributed by atoms with E-state index >= 15 is 0 Å². The van der Waals surface area contributed by atoms with Crippen LogP contribution in [-0.4, -0.2) is 34.0 Å². The highest BCUT2D eigenvalue weighted by molar-refractivity contribution is 6.04. The zero-order valence-electron chi connectivity index (χ0n) is 13.9. The molecule has 0 spiro atoms. The van der Waals surface area contributed by atoms with Crippen molar-refractivity contribution in [3.8, 4) is 0 Å². The largest absolute Gasteiger partial charge is 0.480 e. The summed E-state index contributed by atoms with van der Waals surface area (Å²) >= 11 is 0. The number of hydrogen-bond donors (Lipinski definition) is 3. The second-order valence-electron chi connectivity index (χ2n) is 5.36. The van der Waals surface area contributed by atoms with Crippen molar-refractivity contribution in [2.24, 2.45) is 0 Å². The molecule has 0 saturated heterocycles. The summed E-state index contributed by atoms with van der Waals surface area (Å²) in [5, 5.41) is 12.3. The van der Waals surface area contributed by atoms with E-state index in [0.717, 1.165) is 19.2 Å².